The number of rotatable bonds is 7. The van der Waals surface area contributed by atoms with Gasteiger partial charge in [0.25, 0.3) is 0 Å². The number of carbonyl (C=O) groups is 1. The van der Waals surface area contributed by atoms with E-state index < -0.39 is 18.5 Å². The van der Waals surface area contributed by atoms with Gasteiger partial charge in [0.05, 0.1) is 13.7 Å². The highest BCUT2D eigenvalue weighted by molar-refractivity contribution is 5.92. The Morgan fingerprint density at radius 2 is 1.69 bits per heavy atom. The number of aliphatic hydroxyl groups is 1. The van der Waals surface area contributed by atoms with Crippen molar-refractivity contribution in [2.45, 2.75) is 70.9 Å². The fourth-order valence-electron chi connectivity index (χ4n) is 4.44. The van der Waals surface area contributed by atoms with Gasteiger partial charge in [-0.1, -0.05) is 39.5 Å². The summed E-state index contributed by atoms with van der Waals surface area (Å²) in [5, 5.41) is 21.3. The van der Waals surface area contributed by atoms with E-state index in [0.29, 0.717) is 23.5 Å². The molecule has 2 atom stereocenters. The van der Waals surface area contributed by atoms with E-state index in [-0.39, 0.29) is 22.1 Å². The van der Waals surface area contributed by atoms with Crippen molar-refractivity contribution in [3.63, 3.8) is 0 Å². The molecule has 2 aromatic carbocycles. The predicted octanol–water partition coefficient (Wildman–Crippen LogP) is 4.96. The molecule has 3 rings (SSSR count). The first-order valence-electron chi connectivity index (χ1n) is 12.0. The minimum Gasteiger partial charge on any atom is -0.507 e. The lowest BCUT2D eigenvalue weighted by Crippen LogP contribution is -2.34. The Morgan fingerprint density at radius 1 is 1.06 bits per heavy atom. The zero-order chi connectivity index (χ0) is 26.7. The number of benzene rings is 2. The highest BCUT2D eigenvalue weighted by Gasteiger charge is 2.38. The second-order valence-corrected chi connectivity index (χ2v) is 10.2. The number of phenols is 1. The molecule has 0 radical (unpaired) electrons. The first-order chi connectivity index (χ1) is 16.9. The molecule has 0 saturated heterocycles. The van der Waals surface area contributed by atoms with E-state index in [1.165, 1.54) is 26.4 Å². The lowest BCUT2D eigenvalue weighted by molar-refractivity contribution is -0.231. The van der Waals surface area contributed by atoms with Crippen molar-refractivity contribution >= 4 is 5.97 Å². The molecule has 194 valence electrons. The lowest BCUT2D eigenvalue weighted by Gasteiger charge is -2.42. The topological polar surface area (TPSA) is 94.5 Å². The molecule has 1 aliphatic carbocycles. The Bertz CT molecular complexity index is 1170. The number of methoxy groups -OCH3 is 2. The second-order valence-electron chi connectivity index (χ2n) is 10.2. The van der Waals surface area contributed by atoms with Gasteiger partial charge in [0.1, 0.15) is 23.2 Å². The molecule has 1 aliphatic rings. The molecule has 0 amide bonds. The number of ether oxygens (including phenoxy) is 4. The first kappa shape index (κ1) is 27.5. The van der Waals surface area contributed by atoms with Gasteiger partial charge in [-0.3, -0.25) is 0 Å². The van der Waals surface area contributed by atoms with Crippen LogP contribution in [0.25, 0.3) is 0 Å². The maximum atomic E-state index is 11.7. The zero-order valence-corrected chi connectivity index (χ0v) is 22.1. The molecular formula is C29H36O7. The molecule has 36 heavy (non-hydrogen) atoms. The molecule has 0 spiro atoms. The van der Waals surface area contributed by atoms with Crippen LogP contribution in [0.15, 0.2) is 30.3 Å². The quantitative estimate of drug-likeness (QED) is 0.318. The minimum atomic E-state index is -1.19. The highest BCUT2D eigenvalue weighted by atomic mass is 16.8. The van der Waals surface area contributed by atoms with Crippen LogP contribution < -0.4 is 4.74 Å². The van der Waals surface area contributed by atoms with Gasteiger partial charge in [-0.15, -0.1) is 0 Å². The average Bonchev–Trinajstić information content (AvgIpc) is 2.84. The number of hydrogen-bond donors (Lipinski definition) is 2. The fraction of sp³-hybridized carbons (Fsp3) is 0.483. The van der Waals surface area contributed by atoms with Crippen LogP contribution in [0.4, 0.5) is 0 Å². The van der Waals surface area contributed by atoms with Crippen LogP contribution in [0.1, 0.15) is 86.2 Å². The normalized spacial score (nSPS) is 17.2. The molecule has 0 heterocycles. The summed E-state index contributed by atoms with van der Waals surface area (Å²) in [5.41, 5.74) is 3.14. The van der Waals surface area contributed by atoms with Gasteiger partial charge in [0.2, 0.25) is 0 Å². The van der Waals surface area contributed by atoms with Gasteiger partial charge in [-0.25, -0.2) is 4.79 Å². The molecule has 7 heteroatoms. The van der Waals surface area contributed by atoms with E-state index in [1.807, 2.05) is 19.1 Å². The third kappa shape index (κ3) is 5.84. The summed E-state index contributed by atoms with van der Waals surface area (Å²) in [5.74, 6) is 5.26. The van der Waals surface area contributed by atoms with E-state index in [9.17, 15) is 15.0 Å². The van der Waals surface area contributed by atoms with E-state index in [0.717, 1.165) is 24.0 Å². The molecule has 0 aliphatic heterocycles. The molecule has 0 fully saturated rings. The molecule has 2 aromatic rings. The van der Waals surface area contributed by atoms with Gasteiger partial charge in [-0.2, -0.15) is 0 Å². The summed E-state index contributed by atoms with van der Waals surface area (Å²) in [4.78, 5) is 11.7. The van der Waals surface area contributed by atoms with Crippen molar-refractivity contribution in [1.29, 1.82) is 0 Å². The number of aliphatic hydroxyl groups excluding tert-OH is 1. The monoisotopic (exact) mass is 496 g/mol. The summed E-state index contributed by atoms with van der Waals surface area (Å²) in [6.07, 6.45) is 0.853. The SMILES string of the molecule is CCOC(OC)Oc1cc2c(cc1C(O)C#Cc1ccc(C(=O)OC)c(O)c1)C(C)(C)CCC2(C)C. The number of esters is 1. The third-order valence-electron chi connectivity index (χ3n) is 6.75. The second kappa shape index (κ2) is 10.9. The Labute approximate surface area is 213 Å². The number of hydrogen-bond acceptors (Lipinski definition) is 7. The van der Waals surface area contributed by atoms with Crippen LogP contribution in [-0.4, -0.2) is 43.5 Å². The summed E-state index contributed by atoms with van der Waals surface area (Å²) in [6.45, 7) is 10.1. The molecule has 0 bridgehead atoms. The van der Waals surface area contributed by atoms with Crippen molar-refractivity contribution in [2.24, 2.45) is 0 Å². The third-order valence-corrected chi connectivity index (χ3v) is 6.75. The molecule has 7 nitrogen and oxygen atoms in total. The number of aromatic hydroxyl groups is 1. The maximum Gasteiger partial charge on any atom is 0.341 e. The van der Waals surface area contributed by atoms with Gasteiger partial charge < -0.3 is 29.2 Å². The minimum absolute atomic E-state index is 0.0420. The van der Waals surface area contributed by atoms with Crippen LogP contribution in [0.2, 0.25) is 0 Å². The molecular weight excluding hydrogens is 460 g/mol. The average molecular weight is 497 g/mol. The van der Waals surface area contributed by atoms with Crippen molar-refractivity contribution in [3.8, 4) is 23.3 Å². The fourth-order valence-corrected chi connectivity index (χ4v) is 4.44. The van der Waals surface area contributed by atoms with Crippen molar-refractivity contribution in [1.82, 2.24) is 0 Å². The first-order valence-corrected chi connectivity index (χ1v) is 12.0. The predicted molar refractivity (Wildman–Crippen MR) is 136 cm³/mol. The van der Waals surface area contributed by atoms with Crippen molar-refractivity contribution in [2.75, 3.05) is 20.8 Å². The molecule has 0 saturated carbocycles. The van der Waals surface area contributed by atoms with Crippen LogP contribution in [-0.2, 0) is 25.0 Å². The van der Waals surface area contributed by atoms with Crippen molar-refractivity contribution < 1.29 is 34.0 Å². The number of phenolic OH excluding ortho intramolecular Hbond substituents is 1. The summed E-state index contributed by atoms with van der Waals surface area (Å²) >= 11 is 0. The Balaban J connectivity index is 2.06. The zero-order valence-electron chi connectivity index (χ0n) is 22.1. The summed E-state index contributed by atoms with van der Waals surface area (Å²) < 4.78 is 21.5. The van der Waals surface area contributed by atoms with Gasteiger partial charge in [0.15, 0.2) is 0 Å². The molecule has 0 aromatic heterocycles. The summed E-state index contributed by atoms with van der Waals surface area (Å²) in [7, 11) is 2.73. The van der Waals surface area contributed by atoms with Crippen LogP contribution in [0.3, 0.4) is 0 Å². The van der Waals surface area contributed by atoms with E-state index in [1.54, 1.807) is 6.07 Å². The summed E-state index contributed by atoms with van der Waals surface area (Å²) in [6, 6.07) is 8.32. The Kier molecular flexibility index (Phi) is 8.35. The maximum absolute atomic E-state index is 11.7. The van der Waals surface area contributed by atoms with Gasteiger partial charge in [0, 0.05) is 18.2 Å². The van der Waals surface area contributed by atoms with E-state index >= 15 is 0 Å². The highest BCUT2D eigenvalue weighted by Crippen LogP contribution is 2.48. The Morgan fingerprint density at radius 3 is 2.25 bits per heavy atom. The Hall–Kier alpha value is -3.05. The van der Waals surface area contributed by atoms with Crippen LogP contribution in [0, 0.1) is 11.8 Å². The largest absolute Gasteiger partial charge is 0.507 e. The standard InChI is InChI=1S/C29H36O7/c1-8-35-27(34-7)36-25-17-22-21(28(2,3)13-14-29(22,4)5)16-20(25)23(30)12-10-18-9-11-19(24(31)15-18)26(32)33-6/h9,11,15-17,23,27,30-31H,8,13-14H2,1-7H3. The van der Waals surface area contributed by atoms with E-state index in [4.69, 9.17) is 14.2 Å². The van der Waals surface area contributed by atoms with E-state index in [2.05, 4.69) is 44.3 Å². The molecule has 2 unspecified atom stereocenters. The van der Waals surface area contributed by atoms with Crippen LogP contribution >= 0.6 is 0 Å². The lowest BCUT2D eigenvalue weighted by atomic mass is 9.62. The number of fused-ring (bicyclic) bond motifs is 1. The van der Waals surface area contributed by atoms with Crippen molar-refractivity contribution in [3.05, 3.63) is 58.1 Å². The number of carbonyl (C=O) groups excluding carboxylic acids is 1. The van der Waals surface area contributed by atoms with Gasteiger partial charge in [-0.05, 0) is 72.1 Å². The van der Waals surface area contributed by atoms with Crippen LogP contribution in [0.5, 0.6) is 11.5 Å². The molecule has 2 N–H and O–H groups in total. The smallest absolute Gasteiger partial charge is 0.341 e. The van der Waals surface area contributed by atoms with Gasteiger partial charge >= 0.3 is 12.4 Å².